The van der Waals surface area contributed by atoms with Crippen LogP contribution in [0.5, 0.6) is 0 Å². The highest BCUT2D eigenvalue weighted by molar-refractivity contribution is 6.30. The van der Waals surface area contributed by atoms with E-state index in [2.05, 4.69) is 10.3 Å². The summed E-state index contributed by atoms with van der Waals surface area (Å²) in [7, 11) is 0. The van der Waals surface area contributed by atoms with Gasteiger partial charge in [-0.1, -0.05) is 30.7 Å². The molecular weight excluding hydrogens is 318 g/mol. The number of carboxylic acids is 1. The van der Waals surface area contributed by atoms with Gasteiger partial charge in [0, 0.05) is 10.9 Å². The number of nitrogens with zero attached hydrogens (tertiary/aromatic N) is 2. The molecule has 1 aromatic carbocycles. The zero-order chi connectivity index (χ0) is 16.6. The van der Waals surface area contributed by atoms with E-state index in [0.29, 0.717) is 16.4 Å². The minimum absolute atomic E-state index is 0.0371. The van der Waals surface area contributed by atoms with Crippen LogP contribution in [0.15, 0.2) is 35.4 Å². The second-order valence-electron chi connectivity index (χ2n) is 5.72. The minimum atomic E-state index is -1.08. The van der Waals surface area contributed by atoms with Crippen molar-refractivity contribution >= 4 is 23.3 Å². The van der Waals surface area contributed by atoms with Gasteiger partial charge in [-0.2, -0.15) is 0 Å². The fourth-order valence-electron chi connectivity index (χ4n) is 2.88. The Morgan fingerprint density at radius 1 is 1.43 bits per heavy atom. The Bertz CT molecular complexity index is 801. The maximum Gasteiger partial charge on any atom is 0.323 e. The summed E-state index contributed by atoms with van der Waals surface area (Å²) in [4.78, 5) is 27.6. The molecule has 2 atom stereocenters. The van der Waals surface area contributed by atoms with Crippen molar-refractivity contribution in [1.29, 1.82) is 0 Å². The summed E-state index contributed by atoms with van der Waals surface area (Å²) in [6.45, 7) is 1.61. The Kier molecular flexibility index (Phi) is 4.09. The van der Waals surface area contributed by atoms with Crippen molar-refractivity contribution in [3.63, 3.8) is 0 Å². The molecule has 2 aromatic rings. The fraction of sp³-hybridized carbons (Fsp3) is 0.312. The maximum absolute atomic E-state index is 12.5. The van der Waals surface area contributed by atoms with E-state index in [9.17, 15) is 9.59 Å². The molecule has 0 saturated carbocycles. The van der Waals surface area contributed by atoms with Crippen LogP contribution in [0.3, 0.4) is 0 Å². The van der Waals surface area contributed by atoms with E-state index >= 15 is 0 Å². The normalized spacial score (nSPS) is 19.7. The number of fused-ring (bicyclic) bond motifs is 1. The van der Waals surface area contributed by atoms with E-state index in [-0.39, 0.29) is 17.5 Å². The summed E-state index contributed by atoms with van der Waals surface area (Å²) in [6.07, 6.45) is 2.10. The smallest absolute Gasteiger partial charge is 0.323 e. The van der Waals surface area contributed by atoms with E-state index in [1.165, 1.54) is 6.33 Å². The number of anilines is 1. The third kappa shape index (κ3) is 3.07. The molecule has 120 valence electrons. The number of carbonyl (C=O) groups is 1. The summed E-state index contributed by atoms with van der Waals surface area (Å²) in [5.74, 6) is -0.980. The molecule has 0 fully saturated rings. The van der Waals surface area contributed by atoms with E-state index in [1.807, 2.05) is 31.2 Å². The number of hydrogen-bond donors (Lipinski definition) is 2. The van der Waals surface area contributed by atoms with Crippen LogP contribution in [0.25, 0.3) is 0 Å². The molecule has 2 N–H and O–H groups in total. The number of carboxylic acid groups (broad SMARTS) is 1. The van der Waals surface area contributed by atoms with Gasteiger partial charge in [0.2, 0.25) is 0 Å². The molecule has 2 heterocycles. The number of aromatic nitrogens is 2. The molecule has 0 saturated heterocycles. The van der Waals surface area contributed by atoms with Gasteiger partial charge < -0.3 is 10.4 Å². The number of nitrogens with one attached hydrogen (secondary N) is 1. The first-order valence-corrected chi connectivity index (χ1v) is 7.66. The summed E-state index contributed by atoms with van der Waals surface area (Å²) < 4.78 is 1.10. The van der Waals surface area contributed by atoms with Crippen LogP contribution in [0.4, 0.5) is 5.69 Å². The number of halogens is 1. The summed E-state index contributed by atoms with van der Waals surface area (Å²) in [5, 5.41) is 12.8. The Morgan fingerprint density at radius 2 is 2.13 bits per heavy atom. The quantitative estimate of drug-likeness (QED) is 0.902. The standard InChI is InChI=1S/C16H16ClN3O3/c1-9-6-12(10-2-4-11(17)5-3-10)19-15-14(9)18-8-20(16(15)23)7-13(21)22/h2-5,8-9,12,19H,6-7H2,1H3,(H,21,22)/t9-,12+/m1/s1. The highest BCUT2D eigenvalue weighted by Crippen LogP contribution is 2.37. The van der Waals surface area contributed by atoms with Gasteiger partial charge in [0.1, 0.15) is 12.2 Å². The van der Waals surface area contributed by atoms with Crippen molar-refractivity contribution in [2.75, 3.05) is 5.32 Å². The molecule has 6 nitrogen and oxygen atoms in total. The molecule has 1 aliphatic rings. The van der Waals surface area contributed by atoms with Gasteiger partial charge >= 0.3 is 5.97 Å². The molecule has 7 heteroatoms. The summed E-state index contributed by atoms with van der Waals surface area (Å²) >= 11 is 5.92. The van der Waals surface area contributed by atoms with Crippen LogP contribution >= 0.6 is 11.6 Å². The van der Waals surface area contributed by atoms with Crippen molar-refractivity contribution in [2.45, 2.75) is 31.8 Å². The molecule has 0 aliphatic carbocycles. The molecule has 0 bridgehead atoms. The molecule has 3 rings (SSSR count). The number of aliphatic carboxylic acids is 1. The van der Waals surface area contributed by atoms with E-state index in [0.717, 1.165) is 16.6 Å². The molecule has 1 aliphatic heterocycles. The van der Waals surface area contributed by atoms with Crippen LogP contribution in [0.2, 0.25) is 5.02 Å². The molecule has 1 aromatic heterocycles. The molecule has 0 radical (unpaired) electrons. The van der Waals surface area contributed by atoms with Crippen LogP contribution in [0, 0.1) is 0 Å². The fourth-order valence-corrected chi connectivity index (χ4v) is 3.01. The van der Waals surface area contributed by atoms with E-state index < -0.39 is 12.5 Å². The molecule has 0 unspecified atom stereocenters. The Hall–Kier alpha value is -2.34. The molecule has 0 amide bonds. The number of hydrogen-bond acceptors (Lipinski definition) is 4. The Balaban J connectivity index is 1.98. The third-order valence-corrected chi connectivity index (χ3v) is 4.27. The van der Waals surface area contributed by atoms with Gasteiger partial charge in [-0.15, -0.1) is 0 Å². The van der Waals surface area contributed by atoms with Crippen molar-refractivity contribution in [3.05, 3.63) is 57.2 Å². The monoisotopic (exact) mass is 333 g/mol. The molecule has 23 heavy (non-hydrogen) atoms. The lowest BCUT2D eigenvalue weighted by Crippen LogP contribution is -2.33. The van der Waals surface area contributed by atoms with Gasteiger partial charge in [-0.25, -0.2) is 4.98 Å². The first-order valence-electron chi connectivity index (χ1n) is 7.29. The zero-order valence-electron chi connectivity index (χ0n) is 12.5. The van der Waals surface area contributed by atoms with E-state index in [1.54, 1.807) is 0 Å². The Labute approximate surface area is 137 Å². The van der Waals surface area contributed by atoms with Crippen molar-refractivity contribution in [2.24, 2.45) is 0 Å². The second-order valence-corrected chi connectivity index (χ2v) is 6.15. The maximum atomic E-state index is 12.5. The van der Waals surface area contributed by atoms with Crippen molar-refractivity contribution in [1.82, 2.24) is 9.55 Å². The first-order chi connectivity index (χ1) is 11.0. The number of benzene rings is 1. The summed E-state index contributed by atoms with van der Waals surface area (Å²) in [5.41, 5.74) is 1.73. The highest BCUT2D eigenvalue weighted by atomic mass is 35.5. The SMILES string of the molecule is C[C@@H]1C[C@@H](c2ccc(Cl)cc2)Nc2c1ncn(CC(=O)O)c2=O. The van der Waals surface area contributed by atoms with Gasteiger partial charge in [0.25, 0.3) is 5.56 Å². The predicted molar refractivity (Wildman–Crippen MR) is 87.0 cm³/mol. The average Bonchev–Trinajstić information content (AvgIpc) is 2.50. The molecule has 0 spiro atoms. The van der Waals surface area contributed by atoms with Crippen molar-refractivity contribution in [3.8, 4) is 0 Å². The highest BCUT2D eigenvalue weighted by Gasteiger charge is 2.28. The molecular formula is C16H16ClN3O3. The largest absolute Gasteiger partial charge is 0.480 e. The third-order valence-electron chi connectivity index (χ3n) is 4.02. The lowest BCUT2D eigenvalue weighted by atomic mass is 9.89. The van der Waals surface area contributed by atoms with Crippen molar-refractivity contribution < 1.29 is 9.90 Å². The van der Waals surface area contributed by atoms with Crippen LogP contribution < -0.4 is 10.9 Å². The van der Waals surface area contributed by atoms with E-state index in [4.69, 9.17) is 16.7 Å². The number of rotatable bonds is 3. The summed E-state index contributed by atoms with van der Waals surface area (Å²) in [6, 6.07) is 7.42. The van der Waals surface area contributed by atoms with Crippen LogP contribution in [-0.4, -0.2) is 20.6 Å². The van der Waals surface area contributed by atoms with Crippen LogP contribution in [-0.2, 0) is 11.3 Å². The Morgan fingerprint density at radius 3 is 2.78 bits per heavy atom. The van der Waals surface area contributed by atoms with Crippen LogP contribution in [0.1, 0.15) is 36.6 Å². The van der Waals surface area contributed by atoms with Gasteiger partial charge in [0.15, 0.2) is 0 Å². The van der Waals surface area contributed by atoms with Gasteiger partial charge in [-0.05, 0) is 24.1 Å². The van der Waals surface area contributed by atoms with Gasteiger partial charge in [-0.3, -0.25) is 14.2 Å². The lowest BCUT2D eigenvalue weighted by molar-refractivity contribution is -0.137. The lowest BCUT2D eigenvalue weighted by Gasteiger charge is -2.30. The topological polar surface area (TPSA) is 84.2 Å². The zero-order valence-corrected chi connectivity index (χ0v) is 13.2. The predicted octanol–water partition coefficient (Wildman–Crippen LogP) is 2.64. The first kappa shape index (κ1) is 15.6. The van der Waals surface area contributed by atoms with Gasteiger partial charge in [0.05, 0.1) is 18.1 Å². The second kappa shape index (κ2) is 6.04. The minimum Gasteiger partial charge on any atom is -0.480 e. The average molecular weight is 334 g/mol.